The van der Waals surface area contributed by atoms with Crippen molar-refractivity contribution in [3.8, 4) is 0 Å². The largest absolute Gasteiger partial charge is 0.480 e. The maximum absolute atomic E-state index is 11.8. The second-order valence-corrected chi connectivity index (χ2v) is 4.88. The van der Waals surface area contributed by atoms with Crippen LogP contribution < -0.4 is 5.73 Å². The number of hydrogen-bond acceptors (Lipinski definition) is 6. The Morgan fingerprint density at radius 1 is 1.32 bits per heavy atom. The van der Waals surface area contributed by atoms with Crippen molar-refractivity contribution in [1.29, 1.82) is 0 Å². The van der Waals surface area contributed by atoms with Crippen LogP contribution in [0.4, 0.5) is 4.79 Å². The first-order valence-corrected chi connectivity index (χ1v) is 5.60. The molecular formula is C11H20N2O6. The normalized spacial score (nSPS) is 12.5. The molecule has 1 unspecified atom stereocenters. The molecule has 1 atom stereocenters. The quantitative estimate of drug-likeness (QED) is 0.668. The van der Waals surface area contributed by atoms with E-state index >= 15 is 0 Å². The monoisotopic (exact) mass is 276 g/mol. The minimum Gasteiger partial charge on any atom is -0.480 e. The number of nitrogens with zero attached hydrogens (tertiary/aromatic N) is 1. The summed E-state index contributed by atoms with van der Waals surface area (Å²) in [5.74, 6) is -1.97. The van der Waals surface area contributed by atoms with Gasteiger partial charge in [0.2, 0.25) is 0 Å². The van der Waals surface area contributed by atoms with Gasteiger partial charge in [0.05, 0.1) is 13.7 Å². The van der Waals surface area contributed by atoms with Crippen LogP contribution in [0, 0.1) is 0 Å². The summed E-state index contributed by atoms with van der Waals surface area (Å²) in [6, 6.07) is -1.13. The first kappa shape index (κ1) is 17.2. The average Bonchev–Trinajstić information content (AvgIpc) is 2.23. The summed E-state index contributed by atoms with van der Waals surface area (Å²) in [5, 5.41) is 8.73. The number of carboxylic acid groups (broad SMARTS) is 1. The number of ether oxygens (including phenoxy) is 2. The van der Waals surface area contributed by atoms with Gasteiger partial charge in [-0.3, -0.25) is 14.5 Å². The Kier molecular flexibility index (Phi) is 6.26. The first-order chi connectivity index (χ1) is 8.56. The van der Waals surface area contributed by atoms with Crippen molar-refractivity contribution in [2.75, 3.05) is 20.2 Å². The summed E-state index contributed by atoms with van der Waals surface area (Å²) in [6.07, 6.45) is -0.853. The van der Waals surface area contributed by atoms with Gasteiger partial charge < -0.3 is 20.3 Å². The molecule has 8 nitrogen and oxygen atoms in total. The summed E-state index contributed by atoms with van der Waals surface area (Å²) in [6.45, 7) is 4.02. The van der Waals surface area contributed by atoms with E-state index in [1.54, 1.807) is 20.8 Å². The van der Waals surface area contributed by atoms with Crippen LogP contribution in [0.1, 0.15) is 20.8 Å². The van der Waals surface area contributed by atoms with Crippen molar-refractivity contribution < 1.29 is 29.0 Å². The lowest BCUT2D eigenvalue weighted by Gasteiger charge is -2.27. The van der Waals surface area contributed by atoms with Crippen LogP contribution in [0.5, 0.6) is 0 Å². The molecule has 0 aliphatic carbocycles. The number of aliphatic carboxylic acids is 1. The third-order valence-electron chi connectivity index (χ3n) is 1.90. The first-order valence-electron chi connectivity index (χ1n) is 5.60. The summed E-state index contributed by atoms with van der Waals surface area (Å²) < 4.78 is 9.44. The molecule has 0 fully saturated rings. The molecule has 0 radical (unpaired) electrons. The number of nitrogens with two attached hydrogens (primary N) is 1. The van der Waals surface area contributed by atoms with E-state index in [4.69, 9.17) is 15.6 Å². The molecule has 0 saturated carbocycles. The minimum absolute atomic E-state index is 0.298. The summed E-state index contributed by atoms with van der Waals surface area (Å²) in [5.41, 5.74) is 4.71. The molecule has 0 aliphatic rings. The van der Waals surface area contributed by atoms with E-state index in [-0.39, 0.29) is 6.54 Å². The van der Waals surface area contributed by atoms with Crippen LogP contribution in [0.15, 0.2) is 0 Å². The number of carboxylic acids is 1. The molecule has 0 aliphatic heterocycles. The molecule has 0 aromatic carbocycles. The van der Waals surface area contributed by atoms with Crippen LogP contribution in [0.3, 0.4) is 0 Å². The zero-order valence-corrected chi connectivity index (χ0v) is 11.5. The van der Waals surface area contributed by atoms with Gasteiger partial charge in [-0.1, -0.05) is 0 Å². The molecule has 110 valence electrons. The maximum Gasteiger partial charge on any atom is 0.410 e. The van der Waals surface area contributed by atoms with E-state index in [2.05, 4.69) is 4.74 Å². The van der Waals surface area contributed by atoms with Gasteiger partial charge in [0, 0.05) is 0 Å². The van der Waals surface area contributed by atoms with E-state index in [1.807, 2.05) is 0 Å². The van der Waals surface area contributed by atoms with Crippen molar-refractivity contribution in [3.63, 3.8) is 0 Å². The molecule has 0 aromatic heterocycles. The Hall–Kier alpha value is -1.83. The number of methoxy groups -OCH3 is 1. The SMILES string of the molecule is COC(=O)C(N)CN(CC(=O)O)C(=O)OC(C)(C)C. The van der Waals surface area contributed by atoms with Crippen molar-refractivity contribution in [2.24, 2.45) is 5.73 Å². The average molecular weight is 276 g/mol. The Labute approximate surface area is 111 Å². The van der Waals surface area contributed by atoms with Crippen molar-refractivity contribution in [2.45, 2.75) is 32.4 Å². The molecule has 0 aromatic rings. The minimum atomic E-state index is -1.23. The van der Waals surface area contributed by atoms with Crippen molar-refractivity contribution in [1.82, 2.24) is 4.90 Å². The third-order valence-corrected chi connectivity index (χ3v) is 1.90. The van der Waals surface area contributed by atoms with Gasteiger partial charge in [0.25, 0.3) is 0 Å². The van der Waals surface area contributed by atoms with Gasteiger partial charge in [0.1, 0.15) is 18.2 Å². The highest BCUT2D eigenvalue weighted by atomic mass is 16.6. The highest BCUT2D eigenvalue weighted by molar-refractivity contribution is 5.79. The van der Waals surface area contributed by atoms with E-state index in [9.17, 15) is 14.4 Å². The fourth-order valence-corrected chi connectivity index (χ4v) is 1.16. The van der Waals surface area contributed by atoms with Crippen molar-refractivity contribution >= 4 is 18.0 Å². The molecule has 19 heavy (non-hydrogen) atoms. The van der Waals surface area contributed by atoms with Gasteiger partial charge in [-0.2, -0.15) is 0 Å². The number of hydrogen-bond donors (Lipinski definition) is 2. The molecule has 3 N–H and O–H groups in total. The fraction of sp³-hybridized carbons (Fsp3) is 0.727. The summed E-state index contributed by atoms with van der Waals surface area (Å²) in [4.78, 5) is 34.5. The van der Waals surface area contributed by atoms with Crippen LogP contribution in [0.2, 0.25) is 0 Å². The number of amides is 1. The summed E-state index contributed by atoms with van der Waals surface area (Å²) >= 11 is 0. The van der Waals surface area contributed by atoms with Crippen LogP contribution in [-0.4, -0.2) is 59.9 Å². The van der Waals surface area contributed by atoms with E-state index < -0.39 is 36.2 Å². The number of esters is 1. The lowest BCUT2D eigenvalue weighted by Crippen LogP contribution is -2.48. The summed E-state index contributed by atoms with van der Waals surface area (Å²) in [7, 11) is 1.15. The topological polar surface area (TPSA) is 119 Å². The predicted molar refractivity (Wildman–Crippen MR) is 65.4 cm³/mol. The van der Waals surface area contributed by atoms with Crippen LogP contribution in [-0.2, 0) is 19.1 Å². The van der Waals surface area contributed by atoms with Gasteiger partial charge >= 0.3 is 18.0 Å². The molecular weight excluding hydrogens is 256 g/mol. The van der Waals surface area contributed by atoms with E-state index in [1.165, 1.54) is 0 Å². The fourth-order valence-electron chi connectivity index (χ4n) is 1.16. The molecule has 1 amide bonds. The van der Waals surface area contributed by atoms with Crippen molar-refractivity contribution in [3.05, 3.63) is 0 Å². The smallest absolute Gasteiger partial charge is 0.410 e. The number of carbonyl (C=O) groups is 3. The Morgan fingerprint density at radius 3 is 2.21 bits per heavy atom. The van der Waals surface area contributed by atoms with E-state index in [0.717, 1.165) is 12.0 Å². The lowest BCUT2D eigenvalue weighted by atomic mass is 10.2. The van der Waals surface area contributed by atoms with Gasteiger partial charge in [0.15, 0.2) is 0 Å². The lowest BCUT2D eigenvalue weighted by molar-refractivity contribution is -0.144. The third kappa shape index (κ3) is 7.24. The zero-order valence-electron chi connectivity index (χ0n) is 11.5. The number of rotatable bonds is 5. The highest BCUT2D eigenvalue weighted by Gasteiger charge is 2.27. The van der Waals surface area contributed by atoms with Crippen LogP contribution >= 0.6 is 0 Å². The molecule has 0 saturated heterocycles. The van der Waals surface area contributed by atoms with Crippen LogP contribution in [0.25, 0.3) is 0 Å². The second kappa shape index (κ2) is 6.93. The van der Waals surface area contributed by atoms with Gasteiger partial charge in [-0.15, -0.1) is 0 Å². The highest BCUT2D eigenvalue weighted by Crippen LogP contribution is 2.10. The van der Waals surface area contributed by atoms with E-state index in [0.29, 0.717) is 0 Å². The van der Waals surface area contributed by atoms with Gasteiger partial charge in [-0.05, 0) is 20.8 Å². The molecule has 0 bridgehead atoms. The molecule has 8 heteroatoms. The predicted octanol–water partition coefficient (Wildman–Crippen LogP) is -0.192. The molecule has 0 rings (SSSR count). The maximum atomic E-state index is 11.8. The standard InChI is InChI=1S/C11H20N2O6/c1-11(2,3)19-10(17)13(6-8(14)15)5-7(12)9(16)18-4/h7H,5-6,12H2,1-4H3,(H,14,15). The Morgan fingerprint density at radius 2 is 1.84 bits per heavy atom. The van der Waals surface area contributed by atoms with Gasteiger partial charge in [-0.25, -0.2) is 4.79 Å². The zero-order chi connectivity index (χ0) is 15.2. The second-order valence-electron chi connectivity index (χ2n) is 4.88. The Balaban J connectivity index is 4.76. The number of carbonyl (C=O) groups excluding carboxylic acids is 2. The Bertz CT molecular complexity index is 350. The molecule has 0 spiro atoms. The molecule has 0 heterocycles.